The van der Waals surface area contributed by atoms with Gasteiger partial charge >= 0.3 is 0 Å². The largest absolute Gasteiger partial charge is 0.302 e. The number of fused-ring (bicyclic) bond motifs is 1. The molecule has 1 aromatic carbocycles. The summed E-state index contributed by atoms with van der Waals surface area (Å²) in [4.78, 5) is 24.8. The molecule has 0 saturated heterocycles. The maximum absolute atomic E-state index is 13.7. The first-order valence-corrected chi connectivity index (χ1v) is 6.17. The molecule has 3 nitrogen and oxygen atoms in total. The Morgan fingerprint density at radius 2 is 2.00 bits per heavy atom. The third kappa shape index (κ3) is 2.15. The average molecular weight is 249 g/mol. The van der Waals surface area contributed by atoms with Crippen molar-refractivity contribution < 1.29 is 14.0 Å². The molecule has 0 aromatic heterocycles. The monoisotopic (exact) mass is 249 g/mol. The standard InChI is InChI=1S/C14H16FNO2/c1-9(2)5-4-8-16-12-10(13(17)14(16)18)6-3-7-11(12)15/h3,6-7,9H,4-5,8H2,1-2H3. The molecule has 0 bridgehead atoms. The van der Waals surface area contributed by atoms with E-state index in [4.69, 9.17) is 0 Å². The maximum atomic E-state index is 13.7. The Kier molecular flexibility index (Phi) is 3.45. The highest BCUT2D eigenvalue weighted by Crippen LogP contribution is 2.31. The Morgan fingerprint density at radius 1 is 1.28 bits per heavy atom. The van der Waals surface area contributed by atoms with Crippen molar-refractivity contribution in [3.8, 4) is 0 Å². The van der Waals surface area contributed by atoms with Gasteiger partial charge in [-0.05, 0) is 30.9 Å². The maximum Gasteiger partial charge on any atom is 0.299 e. The number of anilines is 1. The Bertz CT molecular complexity index is 497. The summed E-state index contributed by atoms with van der Waals surface area (Å²) in [5.74, 6) is -1.19. The Labute approximate surface area is 106 Å². The molecular formula is C14H16FNO2. The van der Waals surface area contributed by atoms with Gasteiger partial charge in [-0.3, -0.25) is 9.59 Å². The van der Waals surface area contributed by atoms with Crippen molar-refractivity contribution in [3.05, 3.63) is 29.6 Å². The number of carbonyl (C=O) groups excluding carboxylic acids is 2. The lowest BCUT2D eigenvalue weighted by Crippen LogP contribution is -2.31. The molecule has 0 spiro atoms. The molecule has 96 valence electrons. The fourth-order valence-corrected chi connectivity index (χ4v) is 2.18. The van der Waals surface area contributed by atoms with Gasteiger partial charge in [-0.1, -0.05) is 19.9 Å². The van der Waals surface area contributed by atoms with E-state index in [-0.39, 0.29) is 11.3 Å². The summed E-state index contributed by atoms with van der Waals surface area (Å²) in [6.45, 7) is 4.58. The van der Waals surface area contributed by atoms with Crippen LogP contribution < -0.4 is 4.90 Å². The lowest BCUT2D eigenvalue weighted by molar-refractivity contribution is -0.114. The molecule has 0 radical (unpaired) electrons. The van der Waals surface area contributed by atoms with Gasteiger partial charge in [0.15, 0.2) is 0 Å². The minimum atomic E-state index is -0.612. The lowest BCUT2D eigenvalue weighted by Gasteiger charge is -2.17. The minimum absolute atomic E-state index is 0.149. The molecule has 18 heavy (non-hydrogen) atoms. The SMILES string of the molecule is CC(C)CCCN1C(=O)C(=O)c2cccc(F)c21. The lowest BCUT2D eigenvalue weighted by atomic mass is 10.1. The minimum Gasteiger partial charge on any atom is -0.302 e. The molecule has 1 amide bonds. The number of hydrogen-bond acceptors (Lipinski definition) is 2. The molecular weight excluding hydrogens is 233 g/mol. The van der Waals surface area contributed by atoms with Crippen molar-refractivity contribution in [3.63, 3.8) is 0 Å². The van der Waals surface area contributed by atoms with Crippen LogP contribution >= 0.6 is 0 Å². The van der Waals surface area contributed by atoms with Crippen LogP contribution in [0.2, 0.25) is 0 Å². The van der Waals surface area contributed by atoms with Gasteiger partial charge in [0.1, 0.15) is 5.82 Å². The second-order valence-corrected chi connectivity index (χ2v) is 4.96. The van der Waals surface area contributed by atoms with Crippen LogP contribution in [-0.2, 0) is 4.79 Å². The summed E-state index contributed by atoms with van der Waals surface area (Å²) in [7, 11) is 0. The van der Waals surface area contributed by atoms with Crippen LogP contribution in [0.4, 0.5) is 10.1 Å². The number of benzene rings is 1. The van der Waals surface area contributed by atoms with Crippen molar-refractivity contribution in [1.29, 1.82) is 0 Å². The summed E-state index contributed by atoms with van der Waals surface area (Å²) < 4.78 is 13.7. The van der Waals surface area contributed by atoms with Crippen LogP contribution in [0, 0.1) is 11.7 Å². The Morgan fingerprint density at radius 3 is 2.67 bits per heavy atom. The Hall–Kier alpha value is -1.71. The van der Waals surface area contributed by atoms with Crippen molar-refractivity contribution in [2.75, 3.05) is 11.4 Å². The molecule has 0 atom stereocenters. The third-order valence-electron chi connectivity index (χ3n) is 3.10. The summed E-state index contributed by atoms with van der Waals surface area (Å²) in [6.07, 6.45) is 1.71. The van der Waals surface area contributed by atoms with Gasteiger partial charge in [0.25, 0.3) is 11.7 Å². The predicted octanol–water partition coefficient (Wildman–Crippen LogP) is 2.79. The van der Waals surface area contributed by atoms with Crippen LogP contribution in [-0.4, -0.2) is 18.2 Å². The van der Waals surface area contributed by atoms with E-state index in [2.05, 4.69) is 13.8 Å². The van der Waals surface area contributed by atoms with Crippen molar-refractivity contribution in [2.24, 2.45) is 5.92 Å². The molecule has 0 saturated carbocycles. The molecule has 1 heterocycles. The predicted molar refractivity (Wildman–Crippen MR) is 67.2 cm³/mol. The highest BCUT2D eigenvalue weighted by Gasteiger charge is 2.37. The zero-order chi connectivity index (χ0) is 13.3. The number of hydrogen-bond donors (Lipinski definition) is 0. The molecule has 0 unspecified atom stereocenters. The first-order valence-electron chi connectivity index (χ1n) is 6.17. The fourth-order valence-electron chi connectivity index (χ4n) is 2.18. The molecule has 1 aliphatic heterocycles. The number of halogens is 1. The molecule has 0 N–H and O–H groups in total. The highest BCUT2D eigenvalue weighted by atomic mass is 19.1. The topological polar surface area (TPSA) is 37.4 Å². The van der Waals surface area contributed by atoms with E-state index in [1.807, 2.05) is 0 Å². The second kappa shape index (κ2) is 4.88. The first kappa shape index (κ1) is 12.7. The van der Waals surface area contributed by atoms with Crippen LogP contribution in [0.25, 0.3) is 0 Å². The quantitative estimate of drug-likeness (QED) is 0.769. The summed E-state index contributed by atoms with van der Waals surface area (Å²) in [6, 6.07) is 4.23. The molecule has 1 aliphatic rings. The summed E-state index contributed by atoms with van der Waals surface area (Å²) in [5, 5.41) is 0. The molecule has 0 aliphatic carbocycles. The van der Waals surface area contributed by atoms with Crippen molar-refractivity contribution in [2.45, 2.75) is 26.7 Å². The van der Waals surface area contributed by atoms with Crippen molar-refractivity contribution >= 4 is 17.4 Å². The van der Waals surface area contributed by atoms with Gasteiger partial charge < -0.3 is 4.90 Å². The van der Waals surface area contributed by atoms with Crippen LogP contribution in [0.1, 0.15) is 37.0 Å². The van der Waals surface area contributed by atoms with Gasteiger partial charge in [-0.15, -0.1) is 0 Å². The van der Waals surface area contributed by atoms with Gasteiger partial charge in [-0.25, -0.2) is 4.39 Å². The molecule has 1 aromatic rings. The van der Waals surface area contributed by atoms with Gasteiger partial charge in [0.05, 0.1) is 11.3 Å². The number of ketones is 1. The summed E-state index contributed by atoms with van der Waals surface area (Å²) >= 11 is 0. The van der Waals surface area contributed by atoms with E-state index in [1.54, 1.807) is 0 Å². The first-order chi connectivity index (χ1) is 8.52. The van der Waals surface area contributed by atoms with Crippen LogP contribution in [0.5, 0.6) is 0 Å². The van der Waals surface area contributed by atoms with E-state index in [0.717, 1.165) is 12.8 Å². The number of rotatable bonds is 4. The third-order valence-corrected chi connectivity index (χ3v) is 3.10. The average Bonchev–Trinajstić information content (AvgIpc) is 2.55. The van der Waals surface area contributed by atoms with Crippen LogP contribution in [0.3, 0.4) is 0 Å². The molecule has 0 fully saturated rings. The van der Waals surface area contributed by atoms with E-state index < -0.39 is 17.5 Å². The molecule has 2 rings (SSSR count). The van der Waals surface area contributed by atoms with Crippen molar-refractivity contribution in [1.82, 2.24) is 0 Å². The Balaban J connectivity index is 2.23. The fraction of sp³-hybridized carbons (Fsp3) is 0.429. The number of para-hydroxylation sites is 1. The van der Waals surface area contributed by atoms with E-state index in [1.165, 1.54) is 23.1 Å². The summed E-state index contributed by atoms with van der Waals surface area (Å²) in [5.41, 5.74) is 0.334. The van der Waals surface area contributed by atoms with Crippen LogP contribution in [0.15, 0.2) is 18.2 Å². The van der Waals surface area contributed by atoms with Gasteiger partial charge in [0.2, 0.25) is 0 Å². The zero-order valence-electron chi connectivity index (χ0n) is 10.6. The van der Waals surface area contributed by atoms with Gasteiger partial charge in [0, 0.05) is 6.54 Å². The second-order valence-electron chi connectivity index (χ2n) is 4.96. The van der Waals surface area contributed by atoms with E-state index in [0.29, 0.717) is 12.5 Å². The normalized spacial score (nSPS) is 14.6. The highest BCUT2D eigenvalue weighted by molar-refractivity contribution is 6.52. The van der Waals surface area contributed by atoms with E-state index >= 15 is 0 Å². The number of carbonyl (C=O) groups is 2. The smallest absolute Gasteiger partial charge is 0.299 e. The number of nitrogens with zero attached hydrogens (tertiary/aromatic N) is 1. The number of Topliss-reactive ketones (excluding diaryl/α,β-unsaturated/α-hetero) is 1. The van der Waals surface area contributed by atoms with E-state index in [9.17, 15) is 14.0 Å². The zero-order valence-corrected chi connectivity index (χ0v) is 10.6. The number of amides is 1. The van der Waals surface area contributed by atoms with Gasteiger partial charge in [-0.2, -0.15) is 0 Å². The molecule has 4 heteroatoms.